The minimum absolute atomic E-state index is 0.0938. The molecule has 1 saturated heterocycles. The normalized spacial score (nSPS) is 23.7. The lowest BCUT2D eigenvalue weighted by atomic mass is 9.91. The number of β-amino-alcohol motifs (C(OH)–C–C–N with tert-alkyl or cyclic N) is 1. The van der Waals surface area contributed by atoms with Crippen LogP contribution in [0.25, 0.3) is 0 Å². The summed E-state index contributed by atoms with van der Waals surface area (Å²) < 4.78 is 38.4. The van der Waals surface area contributed by atoms with Gasteiger partial charge in [-0.1, -0.05) is 0 Å². The number of rotatable bonds is 3. The summed E-state index contributed by atoms with van der Waals surface area (Å²) >= 11 is 0. The Hall–Kier alpha value is -1.05. The fraction of sp³-hybridized carbons (Fsp3) is 0.545. The van der Waals surface area contributed by atoms with E-state index in [-0.39, 0.29) is 23.9 Å². The van der Waals surface area contributed by atoms with E-state index in [1.54, 1.807) is 0 Å². The number of sulfonamides is 1. The van der Waals surface area contributed by atoms with Gasteiger partial charge in [-0.15, -0.1) is 0 Å². The topological polar surface area (TPSA) is 70.5 Å². The molecular weight excluding hydrogens is 259 g/mol. The van der Waals surface area contributed by atoms with Gasteiger partial charge in [0.15, 0.2) is 0 Å². The van der Waals surface area contributed by atoms with Crippen LogP contribution in [0.4, 0.5) is 4.39 Å². The molecule has 2 aliphatic rings. The van der Waals surface area contributed by atoms with Crippen molar-refractivity contribution in [1.82, 2.24) is 9.29 Å². The molecule has 1 aliphatic heterocycles. The monoisotopic (exact) mass is 272 g/mol. The number of hydrogen-bond acceptors (Lipinski definition) is 4. The fourth-order valence-electron chi connectivity index (χ4n) is 2.30. The van der Waals surface area contributed by atoms with E-state index in [4.69, 9.17) is 0 Å². The number of hydrogen-bond donors (Lipinski definition) is 1. The van der Waals surface area contributed by atoms with E-state index in [0.29, 0.717) is 0 Å². The van der Waals surface area contributed by atoms with Crippen LogP contribution in [0, 0.1) is 11.7 Å². The summed E-state index contributed by atoms with van der Waals surface area (Å²) in [6.07, 6.45) is 3.97. The molecule has 0 spiro atoms. The maximum absolute atomic E-state index is 13.0. The Labute approximate surface area is 104 Å². The highest BCUT2D eigenvalue weighted by molar-refractivity contribution is 7.89. The Morgan fingerprint density at radius 2 is 2.06 bits per heavy atom. The van der Waals surface area contributed by atoms with E-state index in [9.17, 15) is 17.9 Å². The summed E-state index contributed by atoms with van der Waals surface area (Å²) in [5.41, 5.74) is -0.881. The van der Waals surface area contributed by atoms with E-state index in [1.165, 1.54) is 4.31 Å². The first kappa shape index (κ1) is 12.0. The van der Waals surface area contributed by atoms with E-state index in [1.807, 2.05) is 0 Å². The van der Waals surface area contributed by atoms with E-state index >= 15 is 0 Å². The van der Waals surface area contributed by atoms with Crippen molar-refractivity contribution in [3.63, 3.8) is 0 Å². The average Bonchev–Trinajstić information content (AvgIpc) is 3.08. The lowest BCUT2D eigenvalue weighted by Crippen LogP contribution is -2.64. The van der Waals surface area contributed by atoms with Crippen molar-refractivity contribution in [2.45, 2.75) is 23.3 Å². The molecule has 18 heavy (non-hydrogen) atoms. The molecule has 2 heterocycles. The van der Waals surface area contributed by atoms with E-state index in [2.05, 4.69) is 4.98 Å². The molecule has 1 aromatic heterocycles. The number of pyridine rings is 1. The van der Waals surface area contributed by atoms with E-state index < -0.39 is 21.4 Å². The van der Waals surface area contributed by atoms with Crippen LogP contribution in [0.15, 0.2) is 23.4 Å². The summed E-state index contributed by atoms with van der Waals surface area (Å²) in [7, 11) is -3.73. The average molecular weight is 272 g/mol. The SMILES string of the molecule is O=S(=O)(c1cncc(F)c1)N1CC(O)(C2CC2)C1. The molecular formula is C11H13FN2O3S. The van der Waals surface area contributed by atoms with E-state index in [0.717, 1.165) is 31.3 Å². The largest absolute Gasteiger partial charge is 0.387 e. The highest BCUT2D eigenvalue weighted by Gasteiger charge is 2.55. The molecule has 1 aromatic rings. The second kappa shape index (κ2) is 3.72. The minimum atomic E-state index is -3.73. The Morgan fingerprint density at radius 1 is 1.39 bits per heavy atom. The van der Waals surface area contributed by atoms with Crippen LogP contribution in [0.5, 0.6) is 0 Å². The van der Waals surface area contributed by atoms with Crippen molar-refractivity contribution in [3.05, 3.63) is 24.3 Å². The van der Waals surface area contributed by atoms with Gasteiger partial charge in [0.25, 0.3) is 0 Å². The quantitative estimate of drug-likeness (QED) is 0.863. The van der Waals surface area contributed by atoms with Gasteiger partial charge in [0, 0.05) is 19.3 Å². The molecule has 5 nitrogen and oxygen atoms in total. The van der Waals surface area contributed by atoms with Gasteiger partial charge in [0.05, 0.1) is 11.8 Å². The number of aromatic nitrogens is 1. The Morgan fingerprint density at radius 3 is 2.61 bits per heavy atom. The summed E-state index contributed by atoms with van der Waals surface area (Å²) in [6.45, 7) is 0.188. The molecule has 1 aliphatic carbocycles. The predicted octanol–water partition coefficient (Wildman–Crippen LogP) is 0.366. The maximum atomic E-state index is 13.0. The lowest BCUT2D eigenvalue weighted by molar-refractivity contribution is -0.0764. The maximum Gasteiger partial charge on any atom is 0.244 e. The summed E-state index contributed by atoms with van der Waals surface area (Å²) in [4.78, 5) is 3.37. The molecule has 98 valence electrons. The Balaban J connectivity index is 1.80. The van der Waals surface area contributed by atoms with Crippen molar-refractivity contribution in [3.8, 4) is 0 Å². The third-order valence-corrected chi connectivity index (χ3v) is 5.31. The van der Waals surface area contributed by atoms with Gasteiger partial charge in [-0.25, -0.2) is 12.8 Å². The van der Waals surface area contributed by atoms with Crippen LogP contribution < -0.4 is 0 Å². The molecule has 0 bridgehead atoms. The third-order valence-electron chi connectivity index (χ3n) is 3.56. The zero-order valence-corrected chi connectivity index (χ0v) is 10.4. The highest BCUT2D eigenvalue weighted by atomic mass is 32.2. The molecule has 7 heteroatoms. The van der Waals surface area contributed by atoms with Crippen molar-refractivity contribution >= 4 is 10.0 Å². The van der Waals surface area contributed by atoms with Crippen molar-refractivity contribution < 1.29 is 17.9 Å². The van der Waals surface area contributed by atoms with Crippen LogP contribution >= 0.6 is 0 Å². The number of nitrogens with zero attached hydrogens (tertiary/aromatic N) is 2. The van der Waals surface area contributed by atoms with Crippen LogP contribution in [-0.2, 0) is 10.0 Å². The smallest absolute Gasteiger partial charge is 0.244 e. The van der Waals surface area contributed by atoms with Crippen LogP contribution in [0.3, 0.4) is 0 Å². The van der Waals surface area contributed by atoms with Crippen LogP contribution in [0.2, 0.25) is 0 Å². The second-order valence-corrected chi connectivity index (χ2v) is 6.93. The van der Waals surface area contributed by atoms with Crippen LogP contribution in [-0.4, -0.2) is 41.5 Å². The van der Waals surface area contributed by atoms with Crippen molar-refractivity contribution in [2.24, 2.45) is 5.92 Å². The predicted molar refractivity (Wildman–Crippen MR) is 60.6 cm³/mol. The molecule has 0 amide bonds. The number of halogens is 1. The van der Waals surface area contributed by atoms with Gasteiger partial charge in [-0.3, -0.25) is 4.98 Å². The standard InChI is InChI=1S/C11H13FN2O3S/c12-9-3-10(5-13-4-9)18(16,17)14-6-11(15,7-14)8-1-2-8/h3-5,8,15H,1-2,6-7H2. The second-order valence-electron chi connectivity index (χ2n) is 4.99. The van der Waals surface area contributed by atoms with Crippen LogP contribution in [0.1, 0.15) is 12.8 Å². The molecule has 0 unspecified atom stereocenters. The number of aliphatic hydroxyl groups is 1. The van der Waals surface area contributed by atoms with Gasteiger partial charge < -0.3 is 5.11 Å². The van der Waals surface area contributed by atoms with Gasteiger partial charge >= 0.3 is 0 Å². The highest BCUT2D eigenvalue weighted by Crippen LogP contribution is 2.45. The summed E-state index contributed by atoms with van der Waals surface area (Å²) in [5.74, 6) is -0.469. The van der Waals surface area contributed by atoms with Gasteiger partial charge in [-0.2, -0.15) is 4.31 Å². The molecule has 2 fully saturated rings. The lowest BCUT2D eigenvalue weighted by Gasteiger charge is -2.45. The molecule has 0 atom stereocenters. The summed E-state index contributed by atoms with van der Waals surface area (Å²) in [5, 5.41) is 10.1. The molecule has 1 saturated carbocycles. The Kier molecular flexibility index (Phi) is 2.48. The minimum Gasteiger partial charge on any atom is -0.387 e. The van der Waals surface area contributed by atoms with Gasteiger partial charge in [-0.05, 0) is 24.8 Å². The fourth-order valence-corrected chi connectivity index (χ4v) is 3.84. The molecule has 1 N–H and O–H groups in total. The zero-order chi connectivity index (χ0) is 13.0. The first-order chi connectivity index (χ1) is 8.42. The van der Waals surface area contributed by atoms with Crippen molar-refractivity contribution in [2.75, 3.05) is 13.1 Å². The molecule has 3 rings (SSSR count). The Bertz CT molecular complexity index is 580. The zero-order valence-electron chi connectivity index (χ0n) is 9.58. The molecule has 0 radical (unpaired) electrons. The first-order valence-corrected chi connectivity index (χ1v) is 7.19. The molecule has 0 aromatic carbocycles. The third kappa shape index (κ3) is 1.82. The van der Waals surface area contributed by atoms with Gasteiger partial charge in [0.1, 0.15) is 10.7 Å². The van der Waals surface area contributed by atoms with Gasteiger partial charge in [0.2, 0.25) is 10.0 Å². The first-order valence-electron chi connectivity index (χ1n) is 5.75. The van der Waals surface area contributed by atoms with Crippen molar-refractivity contribution in [1.29, 1.82) is 0 Å². The summed E-state index contributed by atoms with van der Waals surface area (Å²) in [6, 6.07) is 0.941.